The molecule has 3 heterocycles. The summed E-state index contributed by atoms with van der Waals surface area (Å²) >= 11 is 13.8. The Bertz CT molecular complexity index is 1000. The van der Waals surface area contributed by atoms with Crippen LogP contribution in [0.15, 0.2) is 48.9 Å². The molecule has 0 unspecified atom stereocenters. The lowest BCUT2D eigenvalue weighted by atomic mass is 10.1. The number of thiazole rings is 1. The lowest BCUT2D eigenvalue weighted by molar-refractivity contribution is 1.10. The van der Waals surface area contributed by atoms with E-state index in [4.69, 9.17) is 23.2 Å². The molecule has 4 aromatic rings. The first-order chi connectivity index (χ1) is 12.2. The van der Waals surface area contributed by atoms with Gasteiger partial charge in [-0.05, 0) is 30.3 Å². The van der Waals surface area contributed by atoms with Crippen LogP contribution in [0.1, 0.15) is 0 Å². The quantitative estimate of drug-likeness (QED) is 0.511. The van der Waals surface area contributed by atoms with E-state index < -0.39 is 0 Å². The number of nitrogens with one attached hydrogen (secondary N) is 2. The minimum atomic E-state index is 0.513. The monoisotopic (exact) mass is 388 g/mol. The van der Waals surface area contributed by atoms with Crippen LogP contribution in [0.4, 0.5) is 10.9 Å². The lowest BCUT2D eigenvalue weighted by Gasteiger charge is -2.03. The number of halogens is 2. The predicted octanol–water partition coefficient (Wildman–Crippen LogP) is 5.04. The average Bonchev–Trinajstić information content (AvgIpc) is 3.25. The molecule has 0 aliphatic carbocycles. The van der Waals surface area contributed by atoms with E-state index in [9.17, 15) is 0 Å². The summed E-state index contributed by atoms with van der Waals surface area (Å²) in [6.07, 6.45) is 3.23. The van der Waals surface area contributed by atoms with E-state index in [0.29, 0.717) is 32.5 Å². The van der Waals surface area contributed by atoms with Gasteiger partial charge >= 0.3 is 0 Å². The van der Waals surface area contributed by atoms with Crippen LogP contribution in [-0.2, 0) is 0 Å². The van der Waals surface area contributed by atoms with Crippen molar-refractivity contribution in [2.24, 2.45) is 0 Å². The van der Waals surface area contributed by atoms with Crippen LogP contribution in [0.3, 0.4) is 0 Å². The number of nitrogens with zero attached hydrogens (tertiary/aromatic N) is 4. The van der Waals surface area contributed by atoms with Crippen LogP contribution in [0.25, 0.3) is 22.0 Å². The van der Waals surface area contributed by atoms with Crippen molar-refractivity contribution in [1.29, 1.82) is 0 Å². The first-order valence-electron chi connectivity index (χ1n) is 7.21. The van der Waals surface area contributed by atoms with E-state index in [1.165, 1.54) is 17.7 Å². The van der Waals surface area contributed by atoms with Gasteiger partial charge in [-0.15, -0.1) is 0 Å². The minimum absolute atomic E-state index is 0.513. The summed E-state index contributed by atoms with van der Waals surface area (Å²) in [4.78, 5) is 13.9. The van der Waals surface area contributed by atoms with Gasteiger partial charge in [0.1, 0.15) is 17.0 Å². The van der Waals surface area contributed by atoms with Gasteiger partial charge in [0, 0.05) is 16.8 Å². The second kappa shape index (κ2) is 6.79. The summed E-state index contributed by atoms with van der Waals surface area (Å²) in [5.41, 5.74) is 1.45. The van der Waals surface area contributed by atoms with Gasteiger partial charge in [-0.25, -0.2) is 15.0 Å². The summed E-state index contributed by atoms with van der Waals surface area (Å²) in [6, 6.07) is 10.9. The molecule has 2 N–H and O–H groups in total. The molecule has 6 nitrogen and oxygen atoms in total. The number of rotatable bonds is 4. The maximum absolute atomic E-state index is 6.37. The molecule has 124 valence electrons. The van der Waals surface area contributed by atoms with E-state index in [0.717, 1.165) is 10.4 Å². The largest absolute Gasteiger partial charge is 0.316 e. The van der Waals surface area contributed by atoms with Gasteiger partial charge in [-0.2, -0.15) is 5.10 Å². The maximum Gasteiger partial charge on any atom is 0.193 e. The van der Waals surface area contributed by atoms with Gasteiger partial charge < -0.3 is 5.32 Å². The molecule has 0 saturated heterocycles. The van der Waals surface area contributed by atoms with Crippen molar-refractivity contribution in [2.75, 3.05) is 5.32 Å². The number of benzene rings is 1. The van der Waals surface area contributed by atoms with Crippen LogP contribution in [0.2, 0.25) is 10.0 Å². The number of H-pyrrole nitrogens is 1. The summed E-state index contributed by atoms with van der Waals surface area (Å²) in [5, 5.41) is 11.8. The Morgan fingerprint density at radius 3 is 2.72 bits per heavy atom. The fourth-order valence-electron chi connectivity index (χ4n) is 2.25. The molecule has 0 radical (unpaired) electrons. The van der Waals surface area contributed by atoms with Gasteiger partial charge in [0.25, 0.3) is 0 Å². The number of hydrogen-bond acceptors (Lipinski definition) is 6. The molecule has 0 atom stereocenters. The number of aromatic amines is 1. The van der Waals surface area contributed by atoms with E-state index in [1.54, 1.807) is 18.3 Å². The summed E-state index contributed by atoms with van der Waals surface area (Å²) in [6.45, 7) is 0. The van der Waals surface area contributed by atoms with Gasteiger partial charge in [-0.3, -0.25) is 5.10 Å². The fraction of sp³-hybridized carbons (Fsp3) is 0. The Morgan fingerprint density at radius 1 is 1.08 bits per heavy atom. The Kier molecular flexibility index (Phi) is 4.35. The van der Waals surface area contributed by atoms with Crippen LogP contribution < -0.4 is 5.32 Å². The SMILES string of the molecule is Clc1ccc(-c2nc(Nc3ccccn3)sc2-c2nc[nH]n2)c(Cl)c1. The van der Waals surface area contributed by atoms with Crippen molar-refractivity contribution >= 4 is 45.5 Å². The van der Waals surface area contributed by atoms with Crippen molar-refractivity contribution in [1.82, 2.24) is 25.1 Å². The fourth-order valence-corrected chi connectivity index (χ4v) is 3.68. The zero-order valence-corrected chi connectivity index (χ0v) is 14.9. The third-order valence-corrected chi connectivity index (χ3v) is 4.85. The Morgan fingerprint density at radius 2 is 2.00 bits per heavy atom. The maximum atomic E-state index is 6.37. The molecule has 0 bridgehead atoms. The molecule has 3 aromatic heterocycles. The highest BCUT2D eigenvalue weighted by atomic mass is 35.5. The molecule has 0 fully saturated rings. The van der Waals surface area contributed by atoms with Crippen LogP contribution in [-0.4, -0.2) is 25.1 Å². The molecule has 25 heavy (non-hydrogen) atoms. The van der Waals surface area contributed by atoms with Gasteiger partial charge in [0.05, 0.1) is 10.7 Å². The van der Waals surface area contributed by atoms with Crippen molar-refractivity contribution < 1.29 is 0 Å². The molecular formula is C16H10Cl2N6S. The molecule has 0 amide bonds. The summed E-state index contributed by atoms with van der Waals surface area (Å²) in [5.74, 6) is 1.25. The highest BCUT2D eigenvalue weighted by Crippen LogP contribution is 2.41. The highest BCUT2D eigenvalue weighted by Gasteiger charge is 2.20. The Hall–Kier alpha value is -2.48. The first-order valence-corrected chi connectivity index (χ1v) is 8.78. The molecular weight excluding hydrogens is 379 g/mol. The standard InChI is InChI=1S/C16H10Cl2N6S/c17-9-4-5-10(11(18)7-9)13-14(15-20-8-21-24-15)25-16(23-13)22-12-3-1-2-6-19-12/h1-8H,(H,19,22,23)(H,20,21,24). The number of hydrogen-bond donors (Lipinski definition) is 2. The van der Waals surface area contributed by atoms with Crippen LogP contribution in [0.5, 0.6) is 0 Å². The van der Waals surface area contributed by atoms with Crippen LogP contribution in [0, 0.1) is 0 Å². The van der Waals surface area contributed by atoms with Gasteiger partial charge in [0.15, 0.2) is 11.0 Å². The summed E-state index contributed by atoms with van der Waals surface area (Å²) < 4.78 is 0. The Balaban J connectivity index is 1.81. The lowest BCUT2D eigenvalue weighted by Crippen LogP contribution is -1.91. The zero-order valence-electron chi connectivity index (χ0n) is 12.6. The molecule has 1 aromatic carbocycles. The molecule has 4 rings (SSSR count). The molecule has 0 aliphatic rings. The van der Waals surface area contributed by atoms with Crippen LogP contribution >= 0.6 is 34.5 Å². The third kappa shape index (κ3) is 3.34. The van der Waals surface area contributed by atoms with Crippen molar-refractivity contribution in [3.8, 4) is 22.0 Å². The zero-order chi connectivity index (χ0) is 17.2. The van der Waals surface area contributed by atoms with Crippen molar-refractivity contribution in [3.05, 3.63) is 59.0 Å². The minimum Gasteiger partial charge on any atom is -0.316 e. The summed E-state index contributed by atoms with van der Waals surface area (Å²) in [7, 11) is 0. The normalized spacial score (nSPS) is 10.8. The number of anilines is 2. The van der Waals surface area contributed by atoms with E-state index in [2.05, 4.69) is 30.5 Å². The second-order valence-corrected chi connectivity index (χ2v) is 6.83. The van der Waals surface area contributed by atoms with E-state index in [-0.39, 0.29) is 0 Å². The van der Waals surface area contributed by atoms with Gasteiger partial charge in [0.2, 0.25) is 0 Å². The molecule has 0 spiro atoms. The predicted molar refractivity (Wildman–Crippen MR) is 100 cm³/mol. The second-order valence-electron chi connectivity index (χ2n) is 4.98. The molecule has 9 heteroatoms. The first kappa shape index (κ1) is 16.0. The number of aromatic nitrogens is 5. The molecule has 0 aliphatic heterocycles. The average molecular weight is 389 g/mol. The number of pyridine rings is 1. The Labute approximate surface area is 156 Å². The van der Waals surface area contributed by atoms with Gasteiger partial charge in [-0.1, -0.05) is 40.6 Å². The third-order valence-electron chi connectivity index (χ3n) is 3.33. The highest BCUT2D eigenvalue weighted by molar-refractivity contribution is 7.19. The smallest absolute Gasteiger partial charge is 0.193 e. The van der Waals surface area contributed by atoms with Crippen molar-refractivity contribution in [2.45, 2.75) is 0 Å². The topological polar surface area (TPSA) is 79.4 Å². The molecule has 0 saturated carbocycles. The van der Waals surface area contributed by atoms with Crippen molar-refractivity contribution in [3.63, 3.8) is 0 Å². The van der Waals surface area contributed by atoms with E-state index in [1.807, 2.05) is 24.3 Å². The van der Waals surface area contributed by atoms with E-state index >= 15 is 0 Å².